The quantitative estimate of drug-likeness (QED) is 0.742. The van der Waals surface area contributed by atoms with E-state index in [0.29, 0.717) is 5.02 Å². The highest BCUT2D eigenvalue weighted by Gasteiger charge is 2.08. The van der Waals surface area contributed by atoms with E-state index in [-0.39, 0.29) is 0 Å². The van der Waals surface area contributed by atoms with Gasteiger partial charge in [0.1, 0.15) is 17.3 Å². The number of fused-ring (bicyclic) bond motifs is 1. The molecule has 0 saturated carbocycles. The first-order valence-corrected chi connectivity index (χ1v) is 6.36. The molecule has 1 aromatic carbocycles. The van der Waals surface area contributed by atoms with Gasteiger partial charge in [0.15, 0.2) is 0 Å². The highest BCUT2D eigenvalue weighted by molar-refractivity contribution is 6.30. The lowest BCUT2D eigenvalue weighted by Crippen LogP contribution is -1.97. The van der Waals surface area contributed by atoms with E-state index in [1.165, 1.54) is 0 Å². The lowest BCUT2D eigenvalue weighted by molar-refractivity contribution is 1.08. The van der Waals surface area contributed by atoms with Crippen molar-refractivity contribution in [3.8, 4) is 0 Å². The van der Waals surface area contributed by atoms with Crippen LogP contribution in [0.2, 0.25) is 5.02 Å². The van der Waals surface area contributed by atoms with Crippen molar-refractivity contribution in [1.82, 2.24) is 15.0 Å². The van der Waals surface area contributed by atoms with Gasteiger partial charge in [-0.2, -0.15) is 0 Å². The third-order valence-electron chi connectivity index (χ3n) is 2.84. The normalized spacial score (nSPS) is 10.9. The SMILES string of the molecule is Cc1nc(Nc2ccc(Cl)cc2)c2cc(C)[nH]c2n1. The molecule has 0 saturated heterocycles. The predicted octanol–water partition coefficient (Wildman–Crippen LogP) is 3.97. The van der Waals surface area contributed by atoms with Crippen molar-refractivity contribution < 1.29 is 0 Å². The highest BCUT2D eigenvalue weighted by Crippen LogP contribution is 2.25. The Bertz CT molecular complexity index is 731. The fourth-order valence-electron chi connectivity index (χ4n) is 2.02. The van der Waals surface area contributed by atoms with E-state index in [1.807, 2.05) is 44.2 Å². The Kier molecular flexibility index (Phi) is 2.87. The Labute approximate surface area is 115 Å². The number of halogens is 1. The third-order valence-corrected chi connectivity index (χ3v) is 3.09. The Hall–Kier alpha value is -2.07. The standard InChI is InChI=1S/C14H13ClN4/c1-8-7-12-13(16-8)17-9(2)18-14(12)19-11-5-3-10(15)4-6-11/h3-7H,1-2H3,(H2,16,17,18,19). The second-order valence-corrected chi connectivity index (χ2v) is 4.90. The number of H-pyrrole nitrogens is 1. The van der Waals surface area contributed by atoms with Crippen molar-refractivity contribution in [3.05, 3.63) is 46.9 Å². The highest BCUT2D eigenvalue weighted by atomic mass is 35.5. The molecule has 3 aromatic rings. The largest absolute Gasteiger partial charge is 0.343 e. The molecule has 0 amide bonds. The summed E-state index contributed by atoms with van der Waals surface area (Å²) in [5.41, 5.74) is 2.86. The summed E-state index contributed by atoms with van der Waals surface area (Å²) < 4.78 is 0. The topological polar surface area (TPSA) is 53.6 Å². The summed E-state index contributed by atoms with van der Waals surface area (Å²) in [5, 5.41) is 5.00. The van der Waals surface area contributed by atoms with E-state index >= 15 is 0 Å². The van der Waals surface area contributed by atoms with Crippen LogP contribution < -0.4 is 5.32 Å². The second kappa shape index (κ2) is 4.55. The van der Waals surface area contributed by atoms with Gasteiger partial charge in [-0.3, -0.25) is 0 Å². The van der Waals surface area contributed by atoms with Crippen LogP contribution in [0.3, 0.4) is 0 Å². The maximum Gasteiger partial charge on any atom is 0.143 e. The van der Waals surface area contributed by atoms with Crippen LogP contribution in [0, 0.1) is 13.8 Å². The van der Waals surface area contributed by atoms with Gasteiger partial charge in [0, 0.05) is 16.4 Å². The van der Waals surface area contributed by atoms with Crippen LogP contribution in [0.15, 0.2) is 30.3 Å². The summed E-state index contributed by atoms with van der Waals surface area (Å²) in [6, 6.07) is 9.57. The van der Waals surface area contributed by atoms with E-state index in [1.54, 1.807) is 0 Å². The third kappa shape index (κ3) is 2.39. The van der Waals surface area contributed by atoms with Crippen LogP contribution in [0.1, 0.15) is 11.5 Å². The van der Waals surface area contributed by atoms with Crippen LogP contribution in [0.4, 0.5) is 11.5 Å². The minimum atomic E-state index is 0.715. The van der Waals surface area contributed by atoms with Gasteiger partial charge < -0.3 is 10.3 Å². The average Bonchev–Trinajstić information content (AvgIpc) is 2.72. The van der Waals surface area contributed by atoms with Crippen molar-refractivity contribution >= 4 is 34.1 Å². The smallest absolute Gasteiger partial charge is 0.143 e. The summed E-state index contributed by atoms with van der Waals surface area (Å²) in [7, 11) is 0. The lowest BCUT2D eigenvalue weighted by Gasteiger charge is -2.07. The molecule has 0 atom stereocenters. The number of benzene rings is 1. The van der Waals surface area contributed by atoms with Gasteiger partial charge in [0.2, 0.25) is 0 Å². The first-order chi connectivity index (χ1) is 9.11. The van der Waals surface area contributed by atoms with Gasteiger partial charge in [0.25, 0.3) is 0 Å². The monoisotopic (exact) mass is 272 g/mol. The van der Waals surface area contributed by atoms with Gasteiger partial charge in [-0.05, 0) is 44.2 Å². The van der Waals surface area contributed by atoms with E-state index < -0.39 is 0 Å². The van der Waals surface area contributed by atoms with Crippen molar-refractivity contribution in [1.29, 1.82) is 0 Å². The molecule has 0 bridgehead atoms. The molecule has 0 unspecified atom stereocenters. The number of aryl methyl sites for hydroxylation is 2. The van der Waals surface area contributed by atoms with Gasteiger partial charge >= 0.3 is 0 Å². The molecule has 0 spiro atoms. The number of aromatic nitrogens is 3. The summed E-state index contributed by atoms with van der Waals surface area (Å²) in [4.78, 5) is 12.1. The van der Waals surface area contributed by atoms with Gasteiger partial charge in [-0.25, -0.2) is 9.97 Å². The molecular weight excluding hydrogens is 260 g/mol. The second-order valence-electron chi connectivity index (χ2n) is 4.47. The zero-order valence-corrected chi connectivity index (χ0v) is 11.4. The Balaban J connectivity index is 2.06. The summed E-state index contributed by atoms with van der Waals surface area (Å²) in [6.45, 7) is 3.88. The molecule has 0 aliphatic rings. The zero-order valence-electron chi connectivity index (χ0n) is 10.7. The Morgan fingerprint density at radius 2 is 1.84 bits per heavy atom. The van der Waals surface area contributed by atoms with E-state index in [2.05, 4.69) is 20.3 Å². The van der Waals surface area contributed by atoms with Crippen LogP contribution in [0.25, 0.3) is 11.0 Å². The fourth-order valence-corrected chi connectivity index (χ4v) is 2.14. The number of nitrogens with zero attached hydrogens (tertiary/aromatic N) is 2. The summed E-state index contributed by atoms with van der Waals surface area (Å²) in [6.07, 6.45) is 0. The molecule has 0 radical (unpaired) electrons. The number of aromatic amines is 1. The van der Waals surface area contributed by atoms with Crippen molar-refractivity contribution in [2.24, 2.45) is 0 Å². The summed E-state index contributed by atoms with van der Waals surface area (Å²) in [5.74, 6) is 1.53. The van der Waals surface area contributed by atoms with Crippen LogP contribution in [-0.2, 0) is 0 Å². The van der Waals surface area contributed by atoms with Crippen LogP contribution in [-0.4, -0.2) is 15.0 Å². The van der Waals surface area contributed by atoms with Gasteiger partial charge in [0.05, 0.1) is 5.39 Å². The molecule has 0 aliphatic carbocycles. The molecule has 5 heteroatoms. The molecule has 2 aromatic heterocycles. The number of hydrogen-bond donors (Lipinski definition) is 2. The maximum absolute atomic E-state index is 5.88. The minimum Gasteiger partial charge on any atom is -0.343 e. The fraction of sp³-hybridized carbons (Fsp3) is 0.143. The maximum atomic E-state index is 5.88. The van der Waals surface area contributed by atoms with Crippen LogP contribution >= 0.6 is 11.6 Å². The van der Waals surface area contributed by atoms with E-state index in [9.17, 15) is 0 Å². The molecule has 96 valence electrons. The van der Waals surface area contributed by atoms with Crippen molar-refractivity contribution in [2.45, 2.75) is 13.8 Å². The van der Waals surface area contributed by atoms with Gasteiger partial charge in [-0.15, -0.1) is 0 Å². The number of rotatable bonds is 2. The van der Waals surface area contributed by atoms with Crippen molar-refractivity contribution in [3.63, 3.8) is 0 Å². The lowest BCUT2D eigenvalue weighted by atomic mass is 10.3. The summed E-state index contributed by atoms with van der Waals surface area (Å²) >= 11 is 5.88. The molecule has 2 N–H and O–H groups in total. The number of hydrogen-bond acceptors (Lipinski definition) is 3. The average molecular weight is 273 g/mol. The Morgan fingerprint density at radius 3 is 2.58 bits per heavy atom. The molecule has 0 fully saturated rings. The van der Waals surface area contributed by atoms with Crippen LogP contribution in [0.5, 0.6) is 0 Å². The van der Waals surface area contributed by atoms with E-state index in [0.717, 1.165) is 34.1 Å². The number of anilines is 2. The van der Waals surface area contributed by atoms with Crippen molar-refractivity contribution in [2.75, 3.05) is 5.32 Å². The molecule has 0 aliphatic heterocycles. The first kappa shape index (κ1) is 12.0. The van der Waals surface area contributed by atoms with E-state index in [4.69, 9.17) is 11.6 Å². The molecule has 19 heavy (non-hydrogen) atoms. The minimum absolute atomic E-state index is 0.715. The molecule has 2 heterocycles. The molecule has 4 nitrogen and oxygen atoms in total. The van der Waals surface area contributed by atoms with Gasteiger partial charge in [-0.1, -0.05) is 11.6 Å². The predicted molar refractivity (Wildman–Crippen MR) is 78.1 cm³/mol. The number of nitrogens with one attached hydrogen (secondary N) is 2. The molecular formula is C14H13ClN4. The first-order valence-electron chi connectivity index (χ1n) is 5.98. The Morgan fingerprint density at radius 1 is 1.11 bits per heavy atom. The zero-order chi connectivity index (χ0) is 13.4. The molecule has 3 rings (SSSR count).